The van der Waals surface area contributed by atoms with E-state index >= 15 is 0 Å². The van der Waals surface area contributed by atoms with E-state index in [2.05, 4.69) is 15.5 Å². The molecule has 35 heavy (non-hydrogen) atoms. The zero-order valence-corrected chi connectivity index (χ0v) is 19.6. The molecule has 0 aliphatic carbocycles. The Hall–Kier alpha value is -4.17. The second-order valence-corrected chi connectivity index (χ2v) is 8.34. The highest BCUT2D eigenvalue weighted by Crippen LogP contribution is 2.39. The highest BCUT2D eigenvalue weighted by atomic mass is 35.5. The van der Waals surface area contributed by atoms with Crippen molar-refractivity contribution in [3.05, 3.63) is 101 Å². The van der Waals surface area contributed by atoms with Crippen LogP contribution in [0, 0.1) is 5.82 Å². The molecule has 5 rings (SSSR count). The number of rotatable bonds is 5. The van der Waals surface area contributed by atoms with Crippen LogP contribution in [0.2, 0.25) is 5.02 Å². The Labute approximate surface area is 205 Å². The number of hydrogen-bond donors (Lipinski definition) is 1. The Morgan fingerprint density at radius 2 is 1.86 bits per heavy atom. The smallest absolute Gasteiger partial charge is 0.326 e. The third-order valence-corrected chi connectivity index (χ3v) is 5.97. The minimum Gasteiger partial charge on any atom is -0.497 e. The fraction of sp³-hybridized carbons (Fsp3) is 0.115. The lowest BCUT2D eigenvalue weighted by Crippen LogP contribution is -2.46. The highest BCUT2D eigenvalue weighted by molar-refractivity contribution is 6.30. The summed E-state index contributed by atoms with van der Waals surface area (Å²) in [6.07, 6.45) is 0. The fourth-order valence-corrected chi connectivity index (χ4v) is 4.27. The molecule has 176 valence electrons. The number of benzene rings is 3. The highest BCUT2D eigenvalue weighted by Gasteiger charge is 2.36. The standard InChI is InChI=1S/C26H20ClFN4O3/c1-15-22(25-30-24(31-35-25)17-6-4-8-19(28)14-17)23(16-5-3-7-18(27)13-16)29-26(33)32(15)20-9-11-21(34-2)12-10-20/h3-14,23H,1-2H3,(H,29,33). The number of nitrogens with one attached hydrogen (secondary N) is 1. The molecule has 0 bridgehead atoms. The summed E-state index contributed by atoms with van der Waals surface area (Å²) in [7, 11) is 1.58. The Balaban J connectivity index is 1.65. The van der Waals surface area contributed by atoms with Crippen molar-refractivity contribution in [1.29, 1.82) is 0 Å². The number of halogens is 2. The molecule has 2 heterocycles. The van der Waals surface area contributed by atoms with Crippen LogP contribution in [0.5, 0.6) is 5.75 Å². The van der Waals surface area contributed by atoms with Crippen LogP contribution in [-0.2, 0) is 0 Å². The molecule has 1 aliphatic rings. The van der Waals surface area contributed by atoms with Crippen molar-refractivity contribution < 1.29 is 18.4 Å². The zero-order chi connectivity index (χ0) is 24.5. The summed E-state index contributed by atoms with van der Waals surface area (Å²) in [5.74, 6) is 0.695. The van der Waals surface area contributed by atoms with Crippen molar-refractivity contribution in [2.75, 3.05) is 12.0 Å². The number of carbonyl (C=O) groups is 1. The van der Waals surface area contributed by atoms with Crippen LogP contribution < -0.4 is 15.0 Å². The Bertz CT molecular complexity index is 1430. The normalized spacial score (nSPS) is 15.8. The molecule has 2 amide bonds. The molecule has 1 N–H and O–H groups in total. The van der Waals surface area contributed by atoms with Crippen molar-refractivity contribution in [2.45, 2.75) is 13.0 Å². The van der Waals surface area contributed by atoms with Gasteiger partial charge in [0.1, 0.15) is 11.6 Å². The predicted octanol–water partition coefficient (Wildman–Crippen LogP) is 6.24. The number of allylic oxidation sites excluding steroid dienone is 1. The van der Waals surface area contributed by atoms with E-state index in [0.717, 1.165) is 5.56 Å². The van der Waals surface area contributed by atoms with Crippen molar-refractivity contribution in [3.63, 3.8) is 0 Å². The molecule has 1 atom stereocenters. The van der Waals surface area contributed by atoms with Crippen molar-refractivity contribution >= 4 is 28.9 Å². The molecule has 0 fully saturated rings. The van der Waals surface area contributed by atoms with Crippen LogP contribution >= 0.6 is 11.6 Å². The molecule has 1 aliphatic heterocycles. The van der Waals surface area contributed by atoms with Crippen LogP contribution in [0.4, 0.5) is 14.9 Å². The molecule has 0 saturated carbocycles. The summed E-state index contributed by atoms with van der Waals surface area (Å²) in [4.78, 5) is 19.3. The number of anilines is 1. The van der Waals surface area contributed by atoms with E-state index in [1.807, 2.05) is 13.0 Å². The van der Waals surface area contributed by atoms with Crippen LogP contribution in [0.1, 0.15) is 24.4 Å². The van der Waals surface area contributed by atoms with Crippen LogP contribution in [0.15, 0.2) is 83.0 Å². The number of nitrogens with zero attached hydrogens (tertiary/aromatic N) is 3. The van der Waals surface area contributed by atoms with E-state index in [-0.39, 0.29) is 17.7 Å². The van der Waals surface area contributed by atoms with Gasteiger partial charge in [-0.1, -0.05) is 41.0 Å². The number of hydrogen-bond acceptors (Lipinski definition) is 5. The Morgan fingerprint density at radius 1 is 1.09 bits per heavy atom. The Kier molecular flexibility index (Phi) is 5.96. The van der Waals surface area contributed by atoms with Gasteiger partial charge >= 0.3 is 6.03 Å². The molecule has 4 aromatic rings. The van der Waals surface area contributed by atoms with E-state index < -0.39 is 11.9 Å². The van der Waals surface area contributed by atoms with Crippen LogP contribution in [0.25, 0.3) is 17.0 Å². The Morgan fingerprint density at radius 3 is 2.57 bits per heavy atom. The van der Waals surface area contributed by atoms with Gasteiger partial charge in [-0.3, -0.25) is 4.90 Å². The number of aromatic nitrogens is 2. The van der Waals surface area contributed by atoms with E-state index in [9.17, 15) is 9.18 Å². The number of urea groups is 1. The van der Waals surface area contributed by atoms with Crippen LogP contribution in [0.3, 0.4) is 0 Å². The lowest BCUT2D eigenvalue weighted by atomic mass is 9.94. The number of methoxy groups -OCH3 is 1. The molecule has 0 spiro atoms. The predicted molar refractivity (Wildman–Crippen MR) is 130 cm³/mol. The number of ether oxygens (including phenoxy) is 1. The maximum atomic E-state index is 13.8. The first-order valence-corrected chi connectivity index (χ1v) is 11.1. The molecule has 7 nitrogen and oxygen atoms in total. The average molecular weight is 491 g/mol. The summed E-state index contributed by atoms with van der Waals surface area (Å²) in [6.45, 7) is 1.81. The van der Waals surface area contributed by atoms with E-state index in [1.54, 1.807) is 61.7 Å². The molecular weight excluding hydrogens is 471 g/mol. The molecule has 1 aromatic heterocycles. The van der Waals surface area contributed by atoms with Crippen molar-refractivity contribution in [3.8, 4) is 17.1 Å². The topological polar surface area (TPSA) is 80.5 Å². The van der Waals surface area contributed by atoms with E-state index in [1.165, 1.54) is 17.0 Å². The second-order valence-electron chi connectivity index (χ2n) is 7.90. The van der Waals surface area contributed by atoms with Gasteiger partial charge in [0, 0.05) is 16.3 Å². The minimum absolute atomic E-state index is 0.199. The largest absolute Gasteiger partial charge is 0.497 e. The van der Waals surface area contributed by atoms with Gasteiger partial charge in [0.05, 0.1) is 24.4 Å². The van der Waals surface area contributed by atoms with Gasteiger partial charge in [0.15, 0.2) is 0 Å². The molecule has 0 radical (unpaired) electrons. The van der Waals surface area contributed by atoms with Gasteiger partial charge < -0.3 is 14.6 Å². The van der Waals surface area contributed by atoms with Crippen molar-refractivity contribution in [2.24, 2.45) is 0 Å². The van der Waals surface area contributed by atoms with Gasteiger partial charge in [-0.05, 0) is 61.0 Å². The third-order valence-electron chi connectivity index (χ3n) is 5.74. The first-order chi connectivity index (χ1) is 16.9. The summed E-state index contributed by atoms with van der Waals surface area (Å²) in [6, 6.07) is 19.3. The van der Waals surface area contributed by atoms with Crippen LogP contribution in [-0.4, -0.2) is 23.3 Å². The van der Waals surface area contributed by atoms with Gasteiger partial charge in [-0.15, -0.1) is 0 Å². The summed E-state index contributed by atoms with van der Waals surface area (Å²) in [5, 5.41) is 7.61. The van der Waals surface area contributed by atoms with Gasteiger partial charge in [-0.2, -0.15) is 4.98 Å². The first-order valence-electron chi connectivity index (χ1n) is 10.8. The van der Waals surface area contributed by atoms with Gasteiger partial charge in [0.2, 0.25) is 5.82 Å². The molecule has 3 aromatic carbocycles. The number of amides is 2. The van der Waals surface area contributed by atoms with E-state index in [4.69, 9.17) is 20.9 Å². The molecule has 0 saturated heterocycles. The maximum Gasteiger partial charge on any atom is 0.326 e. The monoisotopic (exact) mass is 490 g/mol. The zero-order valence-electron chi connectivity index (χ0n) is 18.8. The third kappa shape index (κ3) is 4.36. The lowest BCUT2D eigenvalue weighted by Gasteiger charge is -2.35. The lowest BCUT2D eigenvalue weighted by molar-refractivity contribution is 0.244. The van der Waals surface area contributed by atoms with E-state index in [0.29, 0.717) is 33.3 Å². The summed E-state index contributed by atoms with van der Waals surface area (Å²) in [5.41, 5.74) is 3.05. The second kappa shape index (κ2) is 9.23. The molecule has 1 unspecified atom stereocenters. The van der Waals surface area contributed by atoms with Gasteiger partial charge in [-0.25, -0.2) is 9.18 Å². The SMILES string of the molecule is COc1ccc(N2C(=O)NC(c3cccc(Cl)c3)C(c3nc(-c4cccc(F)c4)no3)=C2C)cc1. The molecular formula is C26H20ClFN4O3. The molecule has 9 heteroatoms. The quantitative estimate of drug-likeness (QED) is 0.358. The summed E-state index contributed by atoms with van der Waals surface area (Å²) < 4.78 is 24.6. The average Bonchev–Trinajstić information content (AvgIpc) is 3.34. The fourth-order valence-electron chi connectivity index (χ4n) is 4.08. The number of carbonyl (C=O) groups excluding carboxylic acids is 1. The minimum atomic E-state index is -0.600. The van der Waals surface area contributed by atoms with Gasteiger partial charge in [0.25, 0.3) is 5.89 Å². The van der Waals surface area contributed by atoms with Crippen molar-refractivity contribution in [1.82, 2.24) is 15.5 Å². The maximum absolute atomic E-state index is 13.8. The summed E-state index contributed by atoms with van der Waals surface area (Å²) >= 11 is 6.24. The first kappa shape index (κ1) is 22.6.